The third-order valence-electron chi connectivity index (χ3n) is 3.32. The van der Waals surface area contributed by atoms with Gasteiger partial charge in [-0.2, -0.15) is 0 Å². The predicted octanol–water partition coefficient (Wildman–Crippen LogP) is 4.35. The van der Waals surface area contributed by atoms with Gasteiger partial charge in [0.25, 0.3) is 0 Å². The Balaban J connectivity index is 1.89. The lowest BCUT2D eigenvalue weighted by Crippen LogP contribution is -2.18. The topological polar surface area (TPSA) is 35.2 Å². The third-order valence-corrected chi connectivity index (χ3v) is 3.32. The summed E-state index contributed by atoms with van der Waals surface area (Å²) < 4.78 is 5.78. The minimum Gasteiger partial charge on any atom is -0.492 e. The molecule has 2 heteroatoms. The normalized spacial score (nSPS) is 13.0. The second kappa shape index (κ2) is 6.77. The number of ether oxygens (including phenoxy) is 1. The highest BCUT2D eigenvalue weighted by Crippen LogP contribution is 2.22. The van der Waals surface area contributed by atoms with Gasteiger partial charge in [-0.25, -0.2) is 0 Å². The maximum atomic E-state index is 6.13. The Kier molecular flexibility index (Phi) is 5.03. The third kappa shape index (κ3) is 5.24. The molecule has 0 spiro atoms. The SMILES string of the molecule is CC(C)(C)Cc1ccc(OCC(N)c2ccccc2)cc1. The summed E-state index contributed by atoms with van der Waals surface area (Å²) in [7, 11) is 0. The molecule has 0 bridgehead atoms. The van der Waals surface area contributed by atoms with E-state index in [1.807, 2.05) is 42.5 Å². The van der Waals surface area contributed by atoms with Crippen molar-refractivity contribution in [3.63, 3.8) is 0 Å². The van der Waals surface area contributed by atoms with Crippen LogP contribution in [0.3, 0.4) is 0 Å². The first-order valence-corrected chi connectivity index (χ1v) is 7.46. The molecule has 2 aromatic rings. The van der Waals surface area contributed by atoms with Gasteiger partial charge >= 0.3 is 0 Å². The molecule has 112 valence electrons. The van der Waals surface area contributed by atoms with Crippen LogP contribution < -0.4 is 10.5 Å². The molecule has 0 aliphatic carbocycles. The molecule has 2 nitrogen and oxygen atoms in total. The van der Waals surface area contributed by atoms with Crippen LogP contribution in [-0.4, -0.2) is 6.61 Å². The van der Waals surface area contributed by atoms with E-state index in [0.29, 0.717) is 12.0 Å². The summed E-state index contributed by atoms with van der Waals surface area (Å²) in [5, 5.41) is 0. The van der Waals surface area contributed by atoms with E-state index < -0.39 is 0 Å². The first-order chi connectivity index (χ1) is 9.94. The highest BCUT2D eigenvalue weighted by molar-refractivity contribution is 5.28. The summed E-state index contributed by atoms with van der Waals surface area (Å²) in [6.45, 7) is 7.23. The van der Waals surface area contributed by atoms with Crippen LogP contribution in [-0.2, 0) is 6.42 Å². The number of benzene rings is 2. The van der Waals surface area contributed by atoms with Crippen molar-refractivity contribution in [1.29, 1.82) is 0 Å². The van der Waals surface area contributed by atoms with E-state index >= 15 is 0 Å². The molecule has 2 rings (SSSR count). The summed E-state index contributed by atoms with van der Waals surface area (Å²) >= 11 is 0. The van der Waals surface area contributed by atoms with Crippen molar-refractivity contribution in [2.24, 2.45) is 11.1 Å². The second-order valence-corrected chi connectivity index (χ2v) is 6.71. The molecular formula is C19H25NO. The molecule has 0 fully saturated rings. The molecule has 1 unspecified atom stereocenters. The summed E-state index contributed by atoms with van der Waals surface area (Å²) in [5.41, 5.74) is 8.87. The molecule has 0 radical (unpaired) electrons. The Morgan fingerprint density at radius 3 is 2.14 bits per heavy atom. The number of hydrogen-bond acceptors (Lipinski definition) is 2. The van der Waals surface area contributed by atoms with Gasteiger partial charge in [-0.3, -0.25) is 0 Å². The minimum atomic E-state index is -0.0968. The molecule has 0 aromatic heterocycles. The van der Waals surface area contributed by atoms with Crippen LogP contribution in [0, 0.1) is 5.41 Å². The number of nitrogens with two attached hydrogens (primary N) is 1. The van der Waals surface area contributed by atoms with Crippen molar-refractivity contribution in [3.05, 3.63) is 65.7 Å². The largest absolute Gasteiger partial charge is 0.492 e. The highest BCUT2D eigenvalue weighted by atomic mass is 16.5. The zero-order valence-electron chi connectivity index (χ0n) is 13.2. The maximum Gasteiger partial charge on any atom is 0.119 e. The van der Waals surface area contributed by atoms with Crippen molar-refractivity contribution in [2.75, 3.05) is 6.61 Å². The molecule has 0 aliphatic heterocycles. The Bertz CT molecular complexity index is 540. The Hall–Kier alpha value is -1.80. The first kappa shape index (κ1) is 15.6. The van der Waals surface area contributed by atoms with Gasteiger partial charge in [-0.15, -0.1) is 0 Å². The molecule has 0 aliphatic rings. The fraction of sp³-hybridized carbons (Fsp3) is 0.368. The fourth-order valence-electron chi connectivity index (χ4n) is 2.30. The smallest absolute Gasteiger partial charge is 0.119 e. The summed E-state index contributed by atoms with van der Waals surface area (Å²) in [4.78, 5) is 0. The summed E-state index contributed by atoms with van der Waals surface area (Å²) in [6, 6.07) is 18.3. The van der Waals surface area contributed by atoms with E-state index in [1.165, 1.54) is 5.56 Å². The van der Waals surface area contributed by atoms with Gasteiger partial charge < -0.3 is 10.5 Å². The molecule has 2 N–H and O–H groups in total. The Morgan fingerprint density at radius 1 is 0.952 bits per heavy atom. The summed E-state index contributed by atoms with van der Waals surface area (Å²) in [5.74, 6) is 0.874. The van der Waals surface area contributed by atoms with E-state index in [2.05, 4.69) is 32.9 Å². The second-order valence-electron chi connectivity index (χ2n) is 6.71. The molecule has 0 heterocycles. The van der Waals surface area contributed by atoms with Crippen LogP contribution in [0.4, 0.5) is 0 Å². The van der Waals surface area contributed by atoms with Gasteiger partial charge in [0.05, 0.1) is 6.04 Å². The lowest BCUT2D eigenvalue weighted by Gasteiger charge is -2.18. The van der Waals surface area contributed by atoms with Gasteiger partial charge in [0, 0.05) is 0 Å². The lowest BCUT2D eigenvalue weighted by atomic mass is 9.88. The molecule has 21 heavy (non-hydrogen) atoms. The minimum absolute atomic E-state index is 0.0968. The number of hydrogen-bond donors (Lipinski definition) is 1. The fourth-order valence-corrected chi connectivity index (χ4v) is 2.30. The van der Waals surface area contributed by atoms with E-state index in [1.54, 1.807) is 0 Å². The van der Waals surface area contributed by atoms with Gasteiger partial charge in [-0.1, -0.05) is 63.2 Å². The van der Waals surface area contributed by atoms with E-state index in [4.69, 9.17) is 10.5 Å². The molecular weight excluding hydrogens is 258 g/mol. The van der Waals surface area contributed by atoms with Crippen molar-refractivity contribution in [3.8, 4) is 5.75 Å². The molecule has 0 saturated heterocycles. The van der Waals surface area contributed by atoms with Crippen LogP contribution in [0.5, 0.6) is 5.75 Å². The molecule has 1 atom stereocenters. The van der Waals surface area contributed by atoms with Crippen molar-refractivity contribution in [2.45, 2.75) is 33.2 Å². The van der Waals surface area contributed by atoms with Gasteiger partial charge in [0.15, 0.2) is 0 Å². The van der Waals surface area contributed by atoms with E-state index in [9.17, 15) is 0 Å². The van der Waals surface area contributed by atoms with E-state index in [-0.39, 0.29) is 6.04 Å². The zero-order chi connectivity index (χ0) is 15.3. The standard InChI is InChI=1S/C19H25NO/c1-19(2,3)13-15-9-11-17(12-10-15)21-14-18(20)16-7-5-4-6-8-16/h4-12,18H,13-14,20H2,1-3H3. The predicted molar refractivity (Wildman–Crippen MR) is 88.5 cm³/mol. The average Bonchev–Trinajstić information content (AvgIpc) is 2.45. The van der Waals surface area contributed by atoms with Crippen molar-refractivity contribution in [1.82, 2.24) is 0 Å². The average molecular weight is 283 g/mol. The van der Waals surface area contributed by atoms with E-state index in [0.717, 1.165) is 17.7 Å². The molecule has 0 saturated carbocycles. The van der Waals surface area contributed by atoms with Gasteiger partial charge in [-0.05, 0) is 35.1 Å². The monoisotopic (exact) mass is 283 g/mol. The first-order valence-electron chi connectivity index (χ1n) is 7.46. The van der Waals surface area contributed by atoms with Crippen LogP contribution in [0.15, 0.2) is 54.6 Å². The quantitative estimate of drug-likeness (QED) is 0.885. The molecule has 2 aromatic carbocycles. The van der Waals surface area contributed by atoms with Crippen LogP contribution in [0.1, 0.15) is 37.9 Å². The van der Waals surface area contributed by atoms with Crippen LogP contribution in [0.25, 0.3) is 0 Å². The van der Waals surface area contributed by atoms with Crippen LogP contribution >= 0.6 is 0 Å². The van der Waals surface area contributed by atoms with Crippen molar-refractivity contribution >= 4 is 0 Å². The Labute approximate surface area is 127 Å². The maximum absolute atomic E-state index is 6.13. The highest BCUT2D eigenvalue weighted by Gasteiger charge is 2.11. The molecule has 0 amide bonds. The Morgan fingerprint density at radius 2 is 1.57 bits per heavy atom. The van der Waals surface area contributed by atoms with Gasteiger partial charge in [0.2, 0.25) is 0 Å². The zero-order valence-corrected chi connectivity index (χ0v) is 13.2. The summed E-state index contributed by atoms with van der Waals surface area (Å²) in [6.07, 6.45) is 1.07. The van der Waals surface area contributed by atoms with Crippen molar-refractivity contribution < 1.29 is 4.74 Å². The number of rotatable bonds is 5. The lowest BCUT2D eigenvalue weighted by molar-refractivity contribution is 0.290. The van der Waals surface area contributed by atoms with Crippen LogP contribution in [0.2, 0.25) is 0 Å². The van der Waals surface area contributed by atoms with Gasteiger partial charge in [0.1, 0.15) is 12.4 Å².